The minimum atomic E-state index is 0.226. The predicted octanol–water partition coefficient (Wildman–Crippen LogP) is 2.34. The first-order valence-electron chi connectivity index (χ1n) is 7.10. The van der Waals surface area contributed by atoms with Crippen molar-refractivity contribution in [2.24, 2.45) is 0 Å². The Morgan fingerprint density at radius 3 is 2.60 bits per heavy atom. The topological polar surface area (TPSA) is 55.6 Å². The molecule has 0 aliphatic carbocycles. The quantitative estimate of drug-likeness (QED) is 0.821. The molecule has 0 aliphatic heterocycles. The van der Waals surface area contributed by atoms with Gasteiger partial charge >= 0.3 is 0 Å². The van der Waals surface area contributed by atoms with Crippen molar-refractivity contribution in [2.45, 2.75) is 46.7 Å². The summed E-state index contributed by atoms with van der Waals surface area (Å²) in [6.07, 6.45) is 4.52. The van der Waals surface area contributed by atoms with Gasteiger partial charge < -0.3 is 5.32 Å². The Balaban J connectivity index is 1.79. The minimum absolute atomic E-state index is 0.226. The molecule has 5 heteroatoms. The van der Waals surface area contributed by atoms with E-state index < -0.39 is 0 Å². The second-order valence-electron chi connectivity index (χ2n) is 5.21. The summed E-state index contributed by atoms with van der Waals surface area (Å²) in [4.78, 5) is 8.66. The molecule has 2 rings (SSSR count). The molecule has 1 unspecified atom stereocenters. The number of aryl methyl sites for hydroxylation is 4. The number of aromatic nitrogens is 4. The lowest BCUT2D eigenvalue weighted by Gasteiger charge is -2.14. The van der Waals surface area contributed by atoms with Crippen molar-refractivity contribution in [1.29, 1.82) is 0 Å². The lowest BCUT2D eigenvalue weighted by molar-refractivity contribution is 0.493. The summed E-state index contributed by atoms with van der Waals surface area (Å²) in [7, 11) is 0. The molecule has 1 N–H and O–H groups in total. The van der Waals surface area contributed by atoms with Gasteiger partial charge in [0.05, 0.1) is 17.1 Å². The van der Waals surface area contributed by atoms with Crippen LogP contribution in [0.5, 0.6) is 0 Å². The Kier molecular flexibility index (Phi) is 4.84. The van der Waals surface area contributed by atoms with Gasteiger partial charge in [-0.1, -0.05) is 0 Å². The molecule has 108 valence electrons. The highest BCUT2D eigenvalue weighted by molar-refractivity contribution is 5.12. The number of nitrogens with one attached hydrogen (secondary N) is 1. The monoisotopic (exact) mass is 273 g/mol. The third-order valence-electron chi connectivity index (χ3n) is 3.43. The molecule has 0 amide bonds. The molecule has 0 aliphatic rings. The van der Waals surface area contributed by atoms with Crippen LogP contribution in [0.1, 0.15) is 42.2 Å². The van der Waals surface area contributed by atoms with Crippen LogP contribution >= 0.6 is 0 Å². The zero-order valence-corrected chi connectivity index (χ0v) is 12.7. The number of hydrogen-bond donors (Lipinski definition) is 1. The van der Waals surface area contributed by atoms with Gasteiger partial charge in [-0.2, -0.15) is 5.10 Å². The predicted molar refractivity (Wildman–Crippen MR) is 79.5 cm³/mol. The van der Waals surface area contributed by atoms with Crippen molar-refractivity contribution in [3.8, 4) is 0 Å². The minimum Gasteiger partial charge on any atom is -0.309 e. The van der Waals surface area contributed by atoms with Gasteiger partial charge in [-0.3, -0.25) is 14.6 Å². The van der Waals surface area contributed by atoms with Crippen molar-refractivity contribution >= 4 is 0 Å². The average Bonchev–Trinajstić information content (AvgIpc) is 2.73. The van der Waals surface area contributed by atoms with Crippen LogP contribution in [0, 0.1) is 20.8 Å². The van der Waals surface area contributed by atoms with Crippen molar-refractivity contribution in [1.82, 2.24) is 25.1 Å². The molecule has 0 saturated heterocycles. The molecule has 0 spiro atoms. The Hall–Kier alpha value is -1.75. The van der Waals surface area contributed by atoms with E-state index in [0.29, 0.717) is 0 Å². The van der Waals surface area contributed by atoms with E-state index in [1.807, 2.05) is 13.8 Å². The van der Waals surface area contributed by atoms with Crippen molar-refractivity contribution in [2.75, 3.05) is 6.54 Å². The third-order valence-corrected chi connectivity index (χ3v) is 3.43. The van der Waals surface area contributed by atoms with E-state index >= 15 is 0 Å². The van der Waals surface area contributed by atoms with Crippen LogP contribution in [0.3, 0.4) is 0 Å². The van der Waals surface area contributed by atoms with Crippen LogP contribution in [0.2, 0.25) is 0 Å². The maximum Gasteiger partial charge on any atom is 0.0782 e. The van der Waals surface area contributed by atoms with E-state index in [2.05, 4.69) is 45.0 Å². The molecule has 2 aromatic heterocycles. The molecule has 0 fully saturated rings. The zero-order chi connectivity index (χ0) is 14.5. The Bertz CT molecular complexity index is 561. The van der Waals surface area contributed by atoms with Crippen molar-refractivity contribution < 1.29 is 0 Å². The van der Waals surface area contributed by atoms with Crippen LogP contribution in [0.4, 0.5) is 0 Å². The van der Waals surface area contributed by atoms with E-state index in [9.17, 15) is 0 Å². The van der Waals surface area contributed by atoms with Gasteiger partial charge in [-0.05, 0) is 46.7 Å². The lowest BCUT2D eigenvalue weighted by atomic mass is 10.2. The molecular formula is C15H23N5. The first-order valence-corrected chi connectivity index (χ1v) is 7.10. The van der Waals surface area contributed by atoms with Gasteiger partial charge in [-0.25, -0.2) is 0 Å². The second-order valence-corrected chi connectivity index (χ2v) is 5.21. The molecule has 2 heterocycles. The maximum absolute atomic E-state index is 4.47. The van der Waals surface area contributed by atoms with Gasteiger partial charge in [0.2, 0.25) is 0 Å². The fraction of sp³-hybridized carbons (Fsp3) is 0.533. The molecule has 0 aromatic carbocycles. The number of nitrogens with zero attached hydrogens (tertiary/aromatic N) is 4. The molecule has 20 heavy (non-hydrogen) atoms. The standard InChI is InChI=1S/C15H23N5/c1-11-10-12(2)20(19-11)9-5-6-16-13(3)15-14(4)17-7-8-18-15/h7-8,10,13,16H,5-6,9H2,1-4H3. The van der Waals surface area contributed by atoms with Gasteiger partial charge in [0.1, 0.15) is 0 Å². The molecule has 0 saturated carbocycles. The van der Waals surface area contributed by atoms with Crippen LogP contribution in [-0.2, 0) is 6.54 Å². The highest BCUT2D eigenvalue weighted by Gasteiger charge is 2.09. The molecule has 5 nitrogen and oxygen atoms in total. The summed E-state index contributed by atoms with van der Waals surface area (Å²) in [5, 5.41) is 7.96. The Morgan fingerprint density at radius 1 is 1.20 bits per heavy atom. The van der Waals surface area contributed by atoms with E-state index in [1.54, 1.807) is 12.4 Å². The van der Waals surface area contributed by atoms with Gasteiger partial charge in [-0.15, -0.1) is 0 Å². The van der Waals surface area contributed by atoms with Crippen molar-refractivity contribution in [3.63, 3.8) is 0 Å². The second kappa shape index (κ2) is 6.61. The first kappa shape index (κ1) is 14.7. The third kappa shape index (κ3) is 3.63. The summed E-state index contributed by atoms with van der Waals surface area (Å²) in [6.45, 7) is 10.1. The van der Waals surface area contributed by atoms with Crippen LogP contribution in [-0.4, -0.2) is 26.3 Å². The maximum atomic E-state index is 4.47. The fourth-order valence-corrected chi connectivity index (χ4v) is 2.39. The molecular weight excluding hydrogens is 250 g/mol. The Labute approximate surface area is 120 Å². The van der Waals surface area contributed by atoms with Gasteiger partial charge in [0, 0.05) is 30.7 Å². The summed E-state index contributed by atoms with van der Waals surface area (Å²) in [5.41, 5.74) is 4.32. The van der Waals surface area contributed by atoms with E-state index in [1.165, 1.54) is 5.69 Å². The van der Waals surface area contributed by atoms with E-state index in [0.717, 1.165) is 36.6 Å². The summed E-state index contributed by atoms with van der Waals surface area (Å²) in [6, 6.07) is 2.34. The first-order chi connectivity index (χ1) is 9.58. The van der Waals surface area contributed by atoms with E-state index in [-0.39, 0.29) is 6.04 Å². The lowest BCUT2D eigenvalue weighted by Crippen LogP contribution is -2.23. The number of hydrogen-bond acceptors (Lipinski definition) is 4. The number of rotatable bonds is 6. The molecule has 2 aromatic rings. The van der Waals surface area contributed by atoms with Crippen molar-refractivity contribution in [3.05, 3.63) is 41.2 Å². The highest BCUT2D eigenvalue weighted by atomic mass is 15.3. The summed E-state index contributed by atoms with van der Waals surface area (Å²) >= 11 is 0. The molecule has 0 bridgehead atoms. The van der Waals surface area contributed by atoms with E-state index in [4.69, 9.17) is 0 Å². The average molecular weight is 273 g/mol. The van der Waals surface area contributed by atoms with Gasteiger partial charge in [0.15, 0.2) is 0 Å². The Morgan fingerprint density at radius 2 is 1.95 bits per heavy atom. The zero-order valence-electron chi connectivity index (χ0n) is 12.7. The molecule has 0 radical (unpaired) electrons. The van der Waals surface area contributed by atoms with Crippen LogP contribution in [0.25, 0.3) is 0 Å². The summed E-state index contributed by atoms with van der Waals surface area (Å²) < 4.78 is 2.06. The normalized spacial score (nSPS) is 12.6. The fourth-order valence-electron chi connectivity index (χ4n) is 2.39. The van der Waals surface area contributed by atoms with Gasteiger partial charge in [0.25, 0.3) is 0 Å². The molecule has 1 atom stereocenters. The highest BCUT2D eigenvalue weighted by Crippen LogP contribution is 2.11. The van der Waals surface area contributed by atoms with Crippen LogP contribution < -0.4 is 5.32 Å². The SMILES string of the molecule is Cc1cc(C)n(CCCNC(C)c2nccnc2C)n1. The summed E-state index contributed by atoms with van der Waals surface area (Å²) in [5.74, 6) is 0. The van der Waals surface area contributed by atoms with Crippen LogP contribution in [0.15, 0.2) is 18.5 Å². The largest absolute Gasteiger partial charge is 0.309 e. The smallest absolute Gasteiger partial charge is 0.0782 e.